The first kappa shape index (κ1) is 14.1. The number of hydrogen-bond acceptors (Lipinski definition) is 3. The summed E-state index contributed by atoms with van der Waals surface area (Å²) in [6, 6.07) is 3.96. The van der Waals surface area contributed by atoms with Crippen LogP contribution in [-0.2, 0) is 17.5 Å². The van der Waals surface area contributed by atoms with E-state index in [1.165, 1.54) is 12.1 Å². The number of nitrogens with zero attached hydrogens (tertiary/aromatic N) is 1. The Kier molecular flexibility index (Phi) is 4.01. The fraction of sp³-hybridized carbons (Fsp3) is 0.538. The van der Waals surface area contributed by atoms with E-state index in [1.807, 2.05) is 11.8 Å². The average molecular weight is 274 g/mol. The van der Waals surface area contributed by atoms with Crippen molar-refractivity contribution in [3.8, 4) is 0 Å². The second-order valence-electron chi connectivity index (χ2n) is 4.83. The molecule has 0 aromatic heterocycles. The van der Waals surface area contributed by atoms with Gasteiger partial charge in [0, 0.05) is 25.3 Å². The molecule has 106 valence electrons. The number of morpholine rings is 1. The van der Waals surface area contributed by atoms with Gasteiger partial charge in [0.2, 0.25) is 0 Å². The summed E-state index contributed by atoms with van der Waals surface area (Å²) in [7, 11) is 0. The minimum atomic E-state index is -4.37. The lowest BCUT2D eigenvalue weighted by atomic mass is 10.0. The third-order valence-electron chi connectivity index (χ3n) is 3.16. The Morgan fingerprint density at radius 1 is 1.42 bits per heavy atom. The van der Waals surface area contributed by atoms with Crippen LogP contribution < -0.4 is 5.73 Å². The molecule has 0 radical (unpaired) electrons. The topological polar surface area (TPSA) is 38.5 Å². The Hall–Kier alpha value is -1.27. The van der Waals surface area contributed by atoms with Crippen LogP contribution in [0.3, 0.4) is 0 Å². The fourth-order valence-electron chi connectivity index (χ4n) is 2.27. The summed E-state index contributed by atoms with van der Waals surface area (Å²) in [5.74, 6) is 0. The third kappa shape index (κ3) is 3.61. The van der Waals surface area contributed by atoms with E-state index in [-0.39, 0.29) is 23.9 Å². The molecule has 2 rings (SSSR count). The summed E-state index contributed by atoms with van der Waals surface area (Å²) in [5, 5.41) is 0. The number of halogens is 3. The molecule has 1 saturated heterocycles. The largest absolute Gasteiger partial charge is 0.416 e. The molecule has 1 atom stereocenters. The van der Waals surface area contributed by atoms with Crippen molar-refractivity contribution in [2.45, 2.75) is 25.7 Å². The van der Waals surface area contributed by atoms with Crippen LogP contribution in [0.1, 0.15) is 18.1 Å². The van der Waals surface area contributed by atoms with E-state index in [0.29, 0.717) is 19.7 Å². The highest BCUT2D eigenvalue weighted by Gasteiger charge is 2.34. The van der Waals surface area contributed by atoms with Gasteiger partial charge in [-0.1, -0.05) is 6.07 Å². The first-order valence-corrected chi connectivity index (χ1v) is 6.16. The minimum Gasteiger partial charge on any atom is -0.399 e. The van der Waals surface area contributed by atoms with Crippen LogP contribution in [0.15, 0.2) is 18.2 Å². The zero-order chi connectivity index (χ0) is 14.0. The maximum Gasteiger partial charge on any atom is 0.416 e. The highest BCUT2D eigenvalue weighted by molar-refractivity contribution is 5.46. The number of nitrogens with two attached hydrogens (primary N) is 1. The predicted molar refractivity (Wildman–Crippen MR) is 66.5 cm³/mol. The van der Waals surface area contributed by atoms with E-state index in [4.69, 9.17) is 10.5 Å². The molecule has 3 nitrogen and oxygen atoms in total. The van der Waals surface area contributed by atoms with Gasteiger partial charge < -0.3 is 10.5 Å². The summed E-state index contributed by atoms with van der Waals surface area (Å²) in [6.07, 6.45) is -4.32. The van der Waals surface area contributed by atoms with Crippen molar-refractivity contribution in [1.82, 2.24) is 4.90 Å². The first-order valence-electron chi connectivity index (χ1n) is 6.16. The smallest absolute Gasteiger partial charge is 0.399 e. The molecule has 1 fully saturated rings. The van der Waals surface area contributed by atoms with E-state index in [0.717, 1.165) is 6.07 Å². The van der Waals surface area contributed by atoms with Crippen molar-refractivity contribution in [3.63, 3.8) is 0 Å². The maximum atomic E-state index is 13.0. The number of nitrogen functional groups attached to an aromatic ring is 1. The molecule has 1 aliphatic heterocycles. The Labute approximate surface area is 110 Å². The van der Waals surface area contributed by atoms with Crippen molar-refractivity contribution in [2.75, 3.05) is 25.4 Å². The molecule has 0 aliphatic carbocycles. The maximum absolute atomic E-state index is 13.0. The molecule has 0 bridgehead atoms. The van der Waals surface area contributed by atoms with Gasteiger partial charge in [0.25, 0.3) is 0 Å². The molecule has 1 aliphatic rings. The Bertz CT molecular complexity index is 448. The molecule has 19 heavy (non-hydrogen) atoms. The molecule has 0 saturated carbocycles. The lowest BCUT2D eigenvalue weighted by Crippen LogP contribution is -2.40. The molecule has 2 N–H and O–H groups in total. The highest BCUT2D eigenvalue weighted by atomic mass is 19.4. The van der Waals surface area contributed by atoms with Crippen LogP contribution in [-0.4, -0.2) is 30.7 Å². The minimum absolute atomic E-state index is 0.0527. The van der Waals surface area contributed by atoms with Gasteiger partial charge in [-0.2, -0.15) is 13.2 Å². The molecule has 1 heterocycles. The summed E-state index contributed by atoms with van der Waals surface area (Å²) >= 11 is 0. The molecule has 1 aromatic carbocycles. The summed E-state index contributed by atoms with van der Waals surface area (Å²) < 4.78 is 44.3. The van der Waals surface area contributed by atoms with Crippen LogP contribution in [0.2, 0.25) is 0 Å². The zero-order valence-corrected chi connectivity index (χ0v) is 10.7. The average Bonchev–Trinajstić information content (AvgIpc) is 2.30. The molecule has 1 aromatic rings. The number of ether oxygens (including phenoxy) is 1. The fourth-order valence-corrected chi connectivity index (χ4v) is 2.27. The molecule has 0 amide bonds. The van der Waals surface area contributed by atoms with Gasteiger partial charge in [-0.15, -0.1) is 0 Å². The van der Waals surface area contributed by atoms with E-state index < -0.39 is 11.7 Å². The number of anilines is 1. The standard InChI is InChI=1S/C13H17F3N2O/c1-9-7-18(4-5-19-9)8-10-2-3-11(17)6-12(10)13(14,15)16/h2-3,6,9H,4-5,7-8,17H2,1H3. The van der Waals surface area contributed by atoms with Gasteiger partial charge in [-0.3, -0.25) is 4.90 Å². The van der Waals surface area contributed by atoms with E-state index in [2.05, 4.69) is 0 Å². The van der Waals surface area contributed by atoms with Crippen LogP contribution in [0.25, 0.3) is 0 Å². The molecule has 6 heteroatoms. The SMILES string of the molecule is CC1CN(Cc2ccc(N)cc2C(F)(F)F)CCO1. The number of benzene rings is 1. The zero-order valence-electron chi connectivity index (χ0n) is 10.7. The van der Waals surface area contributed by atoms with Crippen LogP contribution in [0.5, 0.6) is 0 Å². The second-order valence-corrected chi connectivity index (χ2v) is 4.83. The molecular weight excluding hydrogens is 257 g/mol. The molecular formula is C13H17F3N2O. The Balaban J connectivity index is 2.20. The van der Waals surface area contributed by atoms with Crippen molar-refractivity contribution in [3.05, 3.63) is 29.3 Å². The van der Waals surface area contributed by atoms with Crippen molar-refractivity contribution < 1.29 is 17.9 Å². The van der Waals surface area contributed by atoms with E-state index >= 15 is 0 Å². The third-order valence-corrected chi connectivity index (χ3v) is 3.16. The Morgan fingerprint density at radius 2 is 2.16 bits per heavy atom. The Morgan fingerprint density at radius 3 is 2.79 bits per heavy atom. The van der Waals surface area contributed by atoms with Crippen molar-refractivity contribution in [1.29, 1.82) is 0 Å². The first-order chi connectivity index (χ1) is 8.86. The summed E-state index contributed by atoms with van der Waals surface area (Å²) in [4.78, 5) is 1.97. The number of alkyl halides is 3. The summed E-state index contributed by atoms with van der Waals surface area (Å²) in [5.41, 5.74) is 5.19. The normalized spacial score (nSPS) is 21.6. The van der Waals surface area contributed by atoms with Gasteiger partial charge in [0.05, 0.1) is 18.3 Å². The van der Waals surface area contributed by atoms with Crippen molar-refractivity contribution >= 4 is 5.69 Å². The molecule has 1 unspecified atom stereocenters. The monoisotopic (exact) mass is 274 g/mol. The number of rotatable bonds is 2. The van der Waals surface area contributed by atoms with Crippen LogP contribution >= 0.6 is 0 Å². The van der Waals surface area contributed by atoms with Crippen LogP contribution in [0, 0.1) is 0 Å². The molecule has 0 spiro atoms. The predicted octanol–water partition coefficient (Wildman–Crippen LogP) is 2.51. The lowest BCUT2D eigenvalue weighted by Gasteiger charge is -2.31. The lowest BCUT2D eigenvalue weighted by molar-refractivity contribution is -0.138. The van der Waals surface area contributed by atoms with Crippen molar-refractivity contribution in [2.24, 2.45) is 0 Å². The number of hydrogen-bond donors (Lipinski definition) is 1. The van der Waals surface area contributed by atoms with Gasteiger partial charge in [0.15, 0.2) is 0 Å². The quantitative estimate of drug-likeness (QED) is 0.842. The highest BCUT2D eigenvalue weighted by Crippen LogP contribution is 2.34. The van der Waals surface area contributed by atoms with Gasteiger partial charge in [-0.25, -0.2) is 0 Å². The van der Waals surface area contributed by atoms with Crippen LogP contribution in [0.4, 0.5) is 18.9 Å². The van der Waals surface area contributed by atoms with Gasteiger partial charge >= 0.3 is 6.18 Å². The van der Waals surface area contributed by atoms with E-state index in [1.54, 1.807) is 0 Å². The summed E-state index contributed by atoms with van der Waals surface area (Å²) in [6.45, 7) is 4.02. The van der Waals surface area contributed by atoms with E-state index in [9.17, 15) is 13.2 Å². The van der Waals surface area contributed by atoms with Gasteiger partial charge in [-0.05, 0) is 24.6 Å². The van der Waals surface area contributed by atoms with Gasteiger partial charge in [0.1, 0.15) is 0 Å². The second kappa shape index (κ2) is 5.38.